The van der Waals surface area contributed by atoms with Crippen LogP contribution >= 0.6 is 0 Å². The molecule has 2 aromatic carbocycles. The molecule has 5 nitrogen and oxygen atoms in total. The van der Waals surface area contributed by atoms with Gasteiger partial charge in [-0.1, -0.05) is 6.07 Å². The van der Waals surface area contributed by atoms with Crippen molar-refractivity contribution in [1.82, 2.24) is 0 Å². The monoisotopic (exact) mass is 332 g/mol. The summed E-state index contributed by atoms with van der Waals surface area (Å²) >= 11 is 0. The molecule has 0 amide bonds. The molecule has 0 saturated carbocycles. The van der Waals surface area contributed by atoms with Crippen molar-refractivity contribution in [2.75, 3.05) is 20.3 Å². The van der Waals surface area contributed by atoms with E-state index in [1.54, 1.807) is 18.2 Å². The van der Waals surface area contributed by atoms with E-state index in [1.807, 2.05) is 0 Å². The van der Waals surface area contributed by atoms with E-state index >= 15 is 0 Å². The zero-order valence-electron chi connectivity index (χ0n) is 13.1. The van der Waals surface area contributed by atoms with Crippen LogP contribution in [0.2, 0.25) is 0 Å². The SMILES string of the molecule is COc1cc(/C=C/C(=O)OCCOc2ccc(F)cc2)ccc1O. The summed E-state index contributed by atoms with van der Waals surface area (Å²) in [5.74, 6) is -0.0258. The fourth-order valence-corrected chi connectivity index (χ4v) is 1.84. The summed E-state index contributed by atoms with van der Waals surface area (Å²) < 4.78 is 28.0. The number of esters is 1. The Morgan fingerprint density at radius 2 is 1.92 bits per heavy atom. The summed E-state index contributed by atoms with van der Waals surface area (Å²) in [7, 11) is 1.44. The number of benzene rings is 2. The quantitative estimate of drug-likeness (QED) is 0.479. The third-order valence-corrected chi connectivity index (χ3v) is 3.03. The van der Waals surface area contributed by atoms with Gasteiger partial charge in [0.15, 0.2) is 11.5 Å². The van der Waals surface area contributed by atoms with Gasteiger partial charge in [0.1, 0.15) is 24.8 Å². The summed E-state index contributed by atoms with van der Waals surface area (Å²) in [5, 5.41) is 9.49. The van der Waals surface area contributed by atoms with Crippen LogP contribution in [0, 0.1) is 5.82 Å². The number of phenolic OH excluding ortho intramolecular Hbond substituents is 1. The van der Waals surface area contributed by atoms with Crippen molar-refractivity contribution in [2.45, 2.75) is 0 Å². The first-order valence-electron chi connectivity index (χ1n) is 7.18. The second-order valence-corrected chi connectivity index (χ2v) is 4.73. The highest BCUT2D eigenvalue weighted by Crippen LogP contribution is 2.26. The number of aromatic hydroxyl groups is 1. The Morgan fingerprint density at radius 1 is 1.17 bits per heavy atom. The van der Waals surface area contributed by atoms with Gasteiger partial charge in [0.05, 0.1) is 7.11 Å². The van der Waals surface area contributed by atoms with Crippen molar-refractivity contribution in [3.63, 3.8) is 0 Å². The first-order chi connectivity index (χ1) is 11.6. The lowest BCUT2D eigenvalue weighted by molar-refractivity contribution is -0.138. The Bertz CT molecular complexity index is 710. The molecule has 0 aliphatic carbocycles. The predicted octanol–water partition coefficient (Wildman–Crippen LogP) is 3.18. The molecule has 0 bridgehead atoms. The number of carbonyl (C=O) groups excluding carboxylic acids is 1. The highest BCUT2D eigenvalue weighted by atomic mass is 19.1. The third-order valence-electron chi connectivity index (χ3n) is 3.03. The first-order valence-corrected chi connectivity index (χ1v) is 7.18. The lowest BCUT2D eigenvalue weighted by Crippen LogP contribution is -2.10. The molecule has 6 heteroatoms. The number of ether oxygens (including phenoxy) is 3. The molecule has 0 unspecified atom stereocenters. The second kappa shape index (κ2) is 8.57. The molecule has 0 aliphatic heterocycles. The molecule has 0 fully saturated rings. The van der Waals surface area contributed by atoms with E-state index in [4.69, 9.17) is 14.2 Å². The molecule has 126 valence electrons. The van der Waals surface area contributed by atoms with Crippen LogP contribution in [0.3, 0.4) is 0 Å². The van der Waals surface area contributed by atoms with Gasteiger partial charge in [-0.05, 0) is 48.0 Å². The van der Waals surface area contributed by atoms with Gasteiger partial charge >= 0.3 is 5.97 Å². The molecule has 1 N–H and O–H groups in total. The van der Waals surface area contributed by atoms with Crippen molar-refractivity contribution in [3.05, 3.63) is 59.9 Å². The van der Waals surface area contributed by atoms with Crippen LogP contribution in [0.25, 0.3) is 6.08 Å². The fraction of sp³-hybridized carbons (Fsp3) is 0.167. The van der Waals surface area contributed by atoms with Crippen LogP contribution in [-0.4, -0.2) is 31.4 Å². The van der Waals surface area contributed by atoms with Crippen molar-refractivity contribution in [1.29, 1.82) is 0 Å². The Morgan fingerprint density at radius 3 is 2.62 bits per heavy atom. The van der Waals surface area contributed by atoms with Gasteiger partial charge in [0.25, 0.3) is 0 Å². The molecular weight excluding hydrogens is 315 g/mol. The van der Waals surface area contributed by atoms with Gasteiger partial charge in [-0.15, -0.1) is 0 Å². The maximum absolute atomic E-state index is 12.7. The van der Waals surface area contributed by atoms with Crippen LogP contribution in [0.4, 0.5) is 4.39 Å². The number of rotatable bonds is 7. The number of phenols is 1. The van der Waals surface area contributed by atoms with Gasteiger partial charge in [-0.25, -0.2) is 9.18 Å². The second-order valence-electron chi connectivity index (χ2n) is 4.73. The summed E-state index contributed by atoms with van der Waals surface area (Å²) in [6, 6.07) is 10.3. The Hall–Kier alpha value is -3.02. The Labute approximate surface area is 138 Å². The summed E-state index contributed by atoms with van der Waals surface area (Å²) in [6.45, 7) is 0.234. The molecule has 0 aliphatic rings. The fourth-order valence-electron chi connectivity index (χ4n) is 1.84. The molecule has 0 aromatic heterocycles. The zero-order valence-corrected chi connectivity index (χ0v) is 13.1. The summed E-state index contributed by atoms with van der Waals surface area (Å²) in [4.78, 5) is 11.6. The van der Waals surface area contributed by atoms with Crippen LogP contribution in [-0.2, 0) is 9.53 Å². The van der Waals surface area contributed by atoms with E-state index in [2.05, 4.69) is 0 Å². The molecule has 0 heterocycles. The number of hydrogen-bond donors (Lipinski definition) is 1. The zero-order chi connectivity index (χ0) is 17.4. The highest BCUT2D eigenvalue weighted by Gasteiger charge is 2.02. The summed E-state index contributed by atoms with van der Waals surface area (Å²) in [6.07, 6.45) is 2.81. The number of halogens is 1. The van der Waals surface area contributed by atoms with Gasteiger partial charge in [-0.2, -0.15) is 0 Å². The average molecular weight is 332 g/mol. The third kappa shape index (κ3) is 5.31. The maximum atomic E-state index is 12.7. The van der Waals surface area contributed by atoms with Crippen molar-refractivity contribution in [3.8, 4) is 17.2 Å². The van der Waals surface area contributed by atoms with E-state index in [9.17, 15) is 14.3 Å². The molecule has 24 heavy (non-hydrogen) atoms. The lowest BCUT2D eigenvalue weighted by atomic mass is 10.2. The molecule has 2 aromatic rings. The number of hydrogen-bond acceptors (Lipinski definition) is 5. The topological polar surface area (TPSA) is 65.0 Å². The standard InChI is InChI=1S/C18H17FO5/c1-22-17-12-13(2-8-16(17)20)3-9-18(21)24-11-10-23-15-6-4-14(19)5-7-15/h2-9,12,20H,10-11H2,1H3/b9-3+. The first kappa shape index (κ1) is 17.3. The number of carbonyl (C=O) groups is 1. The Balaban J connectivity index is 1.75. The van der Waals surface area contributed by atoms with E-state index in [0.29, 0.717) is 17.1 Å². The highest BCUT2D eigenvalue weighted by molar-refractivity contribution is 5.87. The van der Waals surface area contributed by atoms with Gasteiger partial charge in [0, 0.05) is 6.08 Å². The van der Waals surface area contributed by atoms with E-state index in [0.717, 1.165) is 0 Å². The molecule has 2 rings (SSSR count). The van der Waals surface area contributed by atoms with Crippen molar-refractivity contribution in [2.24, 2.45) is 0 Å². The van der Waals surface area contributed by atoms with Gasteiger partial charge < -0.3 is 19.3 Å². The Kier molecular flexibility index (Phi) is 6.19. The van der Waals surface area contributed by atoms with Crippen LogP contribution < -0.4 is 9.47 Å². The van der Waals surface area contributed by atoms with Crippen LogP contribution in [0.1, 0.15) is 5.56 Å². The maximum Gasteiger partial charge on any atom is 0.330 e. The van der Waals surface area contributed by atoms with Crippen molar-refractivity contribution >= 4 is 12.0 Å². The molecule has 0 atom stereocenters. The van der Waals surface area contributed by atoms with E-state index in [1.165, 1.54) is 43.5 Å². The minimum absolute atomic E-state index is 0.0233. The minimum atomic E-state index is -0.523. The molecule has 0 spiro atoms. The average Bonchev–Trinajstić information content (AvgIpc) is 2.59. The normalized spacial score (nSPS) is 10.6. The van der Waals surface area contributed by atoms with Crippen molar-refractivity contribution < 1.29 is 28.5 Å². The summed E-state index contributed by atoms with van der Waals surface area (Å²) in [5.41, 5.74) is 0.684. The van der Waals surface area contributed by atoms with E-state index in [-0.39, 0.29) is 24.8 Å². The van der Waals surface area contributed by atoms with Gasteiger partial charge in [0.2, 0.25) is 0 Å². The van der Waals surface area contributed by atoms with Crippen LogP contribution in [0.5, 0.6) is 17.2 Å². The van der Waals surface area contributed by atoms with Crippen LogP contribution in [0.15, 0.2) is 48.5 Å². The molecular formula is C18H17FO5. The number of methoxy groups -OCH3 is 1. The smallest absolute Gasteiger partial charge is 0.330 e. The predicted molar refractivity (Wildman–Crippen MR) is 86.5 cm³/mol. The molecule has 0 saturated heterocycles. The lowest BCUT2D eigenvalue weighted by Gasteiger charge is -2.06. The molecule has 0 radical (unpaired) electrons. The largest absolute Gasteiger partial charge is 0.504 e. The van der Waals surface area contributed by atoms with Gasteiger partial charge in [-0.3, -0.25) is 0 Å². The minimum Gasteiger partial charge on any atom is -0.504 e. The van der Waals surface area contributed by atoms with E-state index < -0.39 is 5.97 Å².